The van der Waals surface area contributed by atoms with Crippen LogP contribution in [-0.4, -0.2) is 11.1 Å². The molecule has 0 fully saturated rings. The van der Waals surface area contributed by atoms with Crippen LogP contribution in [0.3, 0.4) is 0 Å². The molecule has 2 nitrogen and oxygen atoms in total. The van der Waals surface area contributed by atoms with Crippen molar-refractivity contribution < 1.29 is 9.90 Å². The first-order chi connectivity index (χ1) is 6.11. The smallest absolute Gasteiger partial charge is 0.303 e. The zero-order valence-electron chi connectivity index (χ0n) is 7.33. The largest absolute Gasteiger partial charge is 0.481 e. The Balaban J connectivity index is 2.82. The van der Waals surface area contributed by atoms with Gasteiger partial charge in [-0.3, -0.25) is 4.79 Å². The molecular weight excluding hydrogens is 188 g/mol. The van der Waals surface area contributed by atoms with Gasteiger partial charge in [-0.15, -0.1) is 0 Å². The van der Waals surface area contributed by atoms with Crippen molar-refractivity contribution in [1.82, 2.24) is 0 Å². The van der Waals surface area contributed by atoms with Gasteiger partial charge in [0.2, 0.25) is 0 Å². The van der Waals surface area contributed by atoms with Crippen LogP contribution in [0.15, 0.2) is 24.3 Å². The van der Waals surface area contributed by atoms with E-state index >= 15 is 0 Å². The molecule has 0 bridgehead atoms. The van der Waals surface area contributed by atoms with Crippen LogP contribution in [0.4, 0.5) is 0 Å². The van der Waals surface area contributed by atoms with Gasteiger partial charge in [0.25, 0.3) is 0 Å². The maximum absolute atomic E-state index is 10.5. The average Bonchev–Trinajstić information content (AvgIpc) is 2.03. The van der Waals surface area contributed by atoms with Crippen molar-refractivity contribution in [2.24, 2.45) is 0 Å². The highest BCUT2D eigenvalue weighted by Crippen LogP contribution is 2.26. The summed E-state index contributed by atoms with van der Waals surface area (Å²) >= 11 is 5.91. The molecule has 70 valence electrons. The van der Waals surface area contributed by atoms with Crippen LogP contribution in [0.5, 0.6) is 0 Å². The summed E-state index contributed by atoms with van der Waals surface area (Å²) in [6, 6.07) is 7.32. The van der Waals surface area contributed by atoms with Gasteiger partial charge in [-0.2, -0.15) is 0 Å². The third-order valence-corrected chi connectivity index (χ3v) is 2.26. The van der Waals surface area contributed by atoms with E-state index in [2.05, 4.69) is 0 Å². The number of carboxylic acids is 1. The van der Waals surface area contributed by atoms with Crippen LogP contribution < -0.4 is 0 Å². The number of halogens is 1. The van der Waals surface area contributed by atoms with E-state index in [0.29, 0.717) is 5.02 Å². The van der Waals surface area contributed by atoms with Gasteiger partial charge in [0.05, 0.1) is 6.42 Å². The minimum Gasteiger partial charge on any atom is -0.481 e. The molecule has 0 heterocycles. The quantitative estimate of drug-likeness (QED) is 0.811. The maximum Gasteiger partial charge on any atom is 0.303 e. The van der Waals surface area contributed by atoms with E-state index in [0.717, 1.165) is 5.56 Å². The van der Waals surface area contributed by atoms with Crippen molar-refractivity contribution in [3.05, 3.63) is 34.9 Å². The lowest BCUT2D eigenvalue weighted by Crippen LogP contribution is -2.03. The van der Waals surface area contributed by atoms with Gasteiger partial charge in [-0.25, -0.2) is 0 Å². The molecule has 1 rings (SSSR count). The Bertz CT molecular complexity index is 310. The topological polar surface area (TPSA) is 37.3 Å². The molecule has 3 heteroatoms. The number of hydrogen-bond donors (Lipinski definition) is 1. The Morgan fingerprint density at radius 1 is 1.54 bits per heavy atom. The third kappa shape index (κ3) is 2.74. The molecule has 0 aromatic heterocycles. The number of carboxylic acid groups (broad SMARTS) is 1. The monoisotopic (exact) mass is 198 g/mol. The van der Waals surface area contributed by atoms with Crippen LogP contribution in [0.2, 0.25) is 5.02 Å². The molecule has 0 radical (unpaired) electrons. The summed E-state index contributed by atoms with van der Waals surface area (Å²) in [7, 11) is 0. The number of hydrogen-bond acceptors (Lipinski definition) is 1. The molecule has 0 unspecified atom stereocenters. The van der Waals surface area contributed by atoms with E-state index in [1.54, 1.807) is 6.07 Å². The predicted molar refractivity (Wildman–Crippen MR) is 52.1 cm³/mol. The number of rotatable bonds is 3. The highest BCUT2D eigenvalue weighted by atomic mass is 35.5. The number of carbonyl (C=O) groups is 1. The summed E-state index contributed by atoms with van der Waals surface area (Å²) in [5.74, 6) is -0.835. The van der Waals surface area contributed by atoms with E-state index in [1.165, 1.54) is 0 Å². The normalized spacial score (nSPS) is 12.5. The molecule has 1 N–H and O–H groups in total. The van der Waals surface area contributed by atoms with Gasteiger partial charge in [0, 0.05) is 5.02 Å². The summed E-state index contributed by atoms with van der Waals surface area (Å²) in [5, 5.41) is 9.23. The summed E-state index contributed by atoms with van der Waals surface area (Å²) in [6.45, 7) is 1.86. The van der Waals surface area contributed by atoms with Crippen molar-refractivity contribution in [2.75, 3.05) is 0 Å². The first-order valence-electron chi connectivity index (χ1n) is 4.07. The van der Waals surface area contributed by atoms with Crippen LogP contribution in [0.25, 0.3) is 0 Å². The zero-order valence-corrected chi connectivity index (χ0v) is 8.08. The Labute approximate surface area is 82.2 Å². The lowest BCUT2D eigenvalue weighted by molar-refractivity contribution is -0.137. The Morgan fingerprint density at radius 2 is 2.15 bits per heavy atom. The summed E-state index contributed by atoms with van der Waals surface area (Å²) in [5.41, 5.74) is 0.895. The van der Waals surface area contributed by atoms with E-state index < -0.39 is 5.97 Å². The Hall–Kier alpha value is -1.02. The molecule has 1 aromatic rings. The number of benzene rings is 1. The molecule has 1 atom stereocenters. The van der Waals surface area contributed by atoms with E-state index in [4.69, 9.17) is 16.7 Å². The standard InChI is InChI=1S/C10H11ClO2/c1-7(6-10(12)13)8-4-2-3-5-9(8)11/h2-5,7H,6H2,1H3,(H,12,13)/t7-/m0/s1. The molecule has 0 saturated heterocycles. The van der Waals surface area contributed by atoms with Crippen molar-refractivity contribution in [3.8, 4) is 0 Å². The molecule has 13 heavy (non-hydrogen) atoms. The Kier molecular flexibility index (Phi) is 3.32. The van der Waals surface area contributed by atoms with Gasteiger partial charge in [-0.05, 0) is 17.5 Å². The lowest BCUT2D eigenvalue weighted by Gasteiger charge is -2.10. The molecule has 1 aromatic carbocycles. The molecule has 0 aliphatic heterocycles. The highest BCUT2D eigenvalue weighted by Gasteiger charge is 2.12. The van der Waals surface area contributed by atoms with Crippen molar-refractivity contribution in [3.63, 3.8) is 0 Å². The SMILES string of the molecule is C[C@@H](CC(=O)O)c1ccccc1Cl. The third-order valence-electron chi connectivity index (χ3n) is 1.92. The van der Waals surface area contributed by atoms with Gasteiger partial charge in [0.1, 0.15) is 0 Å². The van der Waals surface area contributed by atoms with Crippen LogP contribution in [0, 0.1) is 0 Å². The highest BCUT2D eigenvalue weighted by molar-refractivity contribution is 6.31. The minimum absolute atomic E-state index is 0.0359. The maximum atomic E-state index is 10.5. The van der Waals surface area contributed by atoms with E-state index in [-0.39, 0.29) is 12.3 Å². The summed E-state index contributed by atoms with van der Waals surface area (Å²) in [6.07, 6.45) is 0.115. The molecule has 0 aliphatic rings. The summed E-state index contributed by atoms with van der Waals surface area (Å²) < 4.78 is 0. The molecule has 0 saturated carbocycles. The van der Waals surface area contributed by atoms with Gasteiger partial charge in [0.15, 0.2) is 0 Å². The van der Waals surface area contributed by atoms with Gasteiger partial charge in [-0.1, -0.05) is 36.7 Å². The second-order valence-corrected chi connectivity index (χ2v) is 3.43. The first kappa shape index (κ1) is 10.1. The Morgan fingerprint density at radius 3 is 2.69 bits per heavy atom. The van der Waals surface area contributed by atoms with Crippen molar-refractivity contribution in [1.29, 1.82) is 0 Å². The summed E-state index contributed by atoms with van der Waals surface area (Å²) in [4.78, 5) is 10.5. The lowest BCUT2D eigenvalue weighted by atomic mass is 9.98. The van der Waals surface area contributed by atoms with Crippen LogP contribution in [-0.2, 0) is 4.79 Å². The fourth-order valence-corrected chi connectivity index (χ4v) is 1.57. The van der Waals surface area contributed by atoms with Crippen LogP contribution in [0.1, 0.15) is 24.8 Å². The van der Waals surface area contributed by atoms with Gasteiger partial charge < -0.3 is 5.11 Å². The zero-order chi connectivity index (χ0) is 9.84. The molecule has 0 spiro atoms. The second kappa shape index (κ2) is 4.28. The molecule has 0 aliphatic carbocycles. The van der Waals surface area contributed by atoms with Crippen molar-refractivity contribution in [2.45, 2.75) is 19.3 Å². The van der Waals surface area contributed by atoms with E-state index in [1.807, 2.05) is 25.1 Å². The van der Waals surface area contributed by atoms with Gasteiger partial charge >= 0.3 is 5.97 Å². The fourth-order valence-electron chi connectivity index (χ4n) is 1.25. The number of aliphatic carboxylic acids is 1. The second-order valence-electron chi connectivity index (χ2n) is 3.02. The fraction of sp³-hybridized carbons (Fsp3) is 0.300. The first-order valence-corrected chi connectivity index (χ1v) is 4.45. The van der Waals surface area contributed by atoms with Crippen LogP contribution >= 0.6 is 11.6 Å². The predicted octanol–water partition coefficient (Wildman–Crippen LogP) is 2.92. The minimum atomic E-state index is -0.799. The average molecular weight is 199 g/mol. The van der Waals surface area contributed by atoms with E-state index in [9.17, 15) is 4.79 Å². The molecule has 0 amide bonds. The molecular formula is C10H11ClO2. The van der Waals surface area contributed by atoms with Crippen molar-refractivity contribution >= 4 is 17.6 Å².